The van der Waals surface area contributed by atoms with Gasteiger partial charge in [0.1, 0.15) is 0 Å². The number of hydrogen-bond donors (Lipinski definition) is 1. The lowest BCUT2D eigenvalue weighted by atomic mass is 10.1. The molecule has 0 aliphatic carbocycles. The second-order valence-electron chi connectivity index (χ2n) is 13.2. The predicted molar refractivity (Wildman–Crippen MR) is 184 cm³/mol. The Labute approximate surface area is 265 Å². The number of hydrogen-bond acceptors (Lipinski definition) is 6. The normalized spacial score (nSPS) is 13.9. The quantitative estimate of drug-likeness (QED) is 0.175. The molecule has 1 aromatic heterocycles. The van der Waals surface area contributed by atoms with Gasteiger partial charge in [-0.2, -0.15) is 0 Å². The summed E-state index contributed by atoms with van der Waals surface area (Å²) in [5.74, 6) is 2.05. The third-order valence-electron chi connectivity index (χ3n) is 8.55. The molecule has 2 aromatic carbocycles. The van der Waals surface area contributed by atoms with Crippen molar-refractivity contribution in [1.82, 2.24) is 19.4 Å². The lowest BCUT2D eigenvalue weighted by Crippen LogP contribution is -2.36. The average Bonchev–Trinajstić information content (AvgIpc) is 3.36. The molecule has 0 spiro atoms. The van der Waals surface area contributed by atoms with E-state index in [1.807, 2.05) is 12.1 Å². The number of rotatable bonds is 17. The summed E-state index contributed by atoms with van der Waals surface area (Å²) in [7, 11) is 2.20. The molecule has 0 bridgehead atoms. The SMILES string of the molecule is CCCCN(C)CCCn1c(Nc2ccc(N3CCOCC3)cc2)nc2ccc(C(=O)N(CCC(C)C)CCC(C)C)cc21. The van der Waals surface area contributed by atoms with Crippen molar-refractivity contribution in [2.75, 3.05) is 69.7 Å². The Morgan fingerprint density at radius 3 is 2.23 bits per heavy atom. The molecule has 1 saturated heterocycles. The number of carbonyl (C=O) groups excluding carboxylic acids is 1. The molecule has 0 saturated carbocycles. The fraction of sp³-hybridized carbons (Fsp3) is 0.611. The highest BCUT2D eigenvalue weighted by Gasteiger charge is 2.20. The third kappa shape index (κ3) is 9.70. The van der Waals surface area contributed by atoms with Crippen LogP contribution in [0.4, 0.5) is 17.3 Å². The summed E-state index contributed by atoms with van der Waals surface area (Å²) in [4.78, 5) is 25.7. The number of nitrogens with one attached hydrogen (secondary N) is 1. The monoisotopic (exact) mass is 604 g/mol. The van der Waals surface area contributed by atoms with E-state index in [2.05, 4.69) is 96.6 Å². The zero-order chi connectivity index (χ0) is 31.5. The first-order chi connectivity index (χ1) is 21.2. The van der Waals surface area contributed by atoms with E-state index in [0.717, 1.165) is 107 Å². The third-order valence-corrected chi connectivity index (χ3v) is 8.55. The van der Waals surface area contributed by atoms with Crippen molar-refractivity contribution in [3.63, 3.8) is 0 Å². The Morgan fingerprint density at radius 1 is 0.932 bits per heavy atom. The molecule has 0 radical (unpaired) electrons. The van der Waals surface area contributed by atoms with E-state index in [9.17, 15) is 4.79 Å². The molecule has 3 aromatic rings. The number of carbonyl (C=O) groups is 1. The Balaban J connectivity index is 1.59. The second-order valence-corrected chi connectivity index (χ2v) is 13.2. The van der Waals surface area contributed by atoms with Gasteiger partial charge in [0.05, 0.1) is 24.2 Å². The standard InChI is InChI=1S/C36H56N6O2/c1-7-8-18-39(6)19-9-20-42-34-27-30(35(43)41(21-16-28(2)3)22-17-29(4)5)10-15-33(34)38-36(42)37-31-11-13-32(14-12-31)40-23-25-44-26-24-40/h10-15,27-29H,7-9,16-26H2,1-6H3,(H,37,38). The molecule has 8 nitrogen and oxygen atoms in total. The summed E-state index contributed by atoms with van der Waals surface area (Å²) < 4.78 is 7.79. The van der Waals surface area contributed by atoms with E-state index >= 15 is 0 Å². The van der Waals surface area contributed by atoms with E-state index in [1.165, 1.54) is 18.5 Å². The Hall–Kier alpha value is -3.10. The van der Waals surface area contributed by atoms with Gasteiger partial charge < -0.3 is 29.3 Å². The lowest BCUT2D eigenvalue weighted by molar-refractivity contribution is 0.0741. The molecule has 4 rings (SSSR count). The van der Waals surface area contributed by atoms with Crippen LogP contribution in [0.25, 0.3) is 11.0 Å². The molecule has 8 heteroatoms. The van der Waals surface area contributed by atoms with Crippen molar-refractivity contribution < 1.29 is 9.53 Å². The fourth-order valence-electron chi connectivity index (χ4n) is 5.65. The number of fused-ring (bicyclic) bond motifs is 1. The van der Waals surface area contributed by atoms with Crippen LogP contribution in [-0.4, -0.2) is 84.8 Å². The van der Waals surface area contributed by atoms with Crippen LogP contribution in [0, 0.1) is 11.8 Å². The maximum absolute atomic E-state index is 13.9. The van der Waals surface area contributed by atoms with Crippen LogP contribution in [0.3, 0.4) is 0 Å². The summed E-state index contributed by atoms with van der Waals surface area (Å²) in [5.41, 5.74) is 4.87. The highest BCUT2D eigenvalue weighted by atomic mass is 16.5. The van der Waals surface area contributed by atoms with Crippen molar-refractivity contribution in [3.05, 3.63) is 48.0 Å². The first kappa shape index (κ1) is 33.8. The number of anilines is 3. The van der Waals surface area contributed by atoms with Crippen LogP contribution in [0.5, 0.6) is 0 Å². The lowest BCUT2D eigenvalue weighted by Gasteiger charge is -2.28. The maximum atomic E-state index is 13.9. The van der Waals surface area contributed by atoms with Gasteiger partial charge in [-0.05, 0) is 100 Å². The Morgan fingerprint density at radius 2 is 1.59 bits per heavy atom. The number of aromatic nitrogens is 2. The first-order valence-electron chi connectivity index (χ1n) is 16.9. The van der Waals surface area contributed by atoms with Crippen LogP contribution in [0.15, 0.2) is 42.5 Å². The van der Waals surface area contributed by atoms with Gasteiger partial charge in [0.25, 0.3) is 5.91 Å². The second kappa shape index (κ2) is 16.8. The van der Waals surface area contributed by atoms with Gasteiger partial charge in [-0.3, -0.25) is 4.79 Å². The number of benzene rings is 2. The zero-order valence-corrected chi connectivity index (χ0v) is 28.1. The van der Waals surface area contributed by atoms with Gasteiger partial charge in [0.15, 0.2) is 0 Å². The van der Waals surface area contributed by atoms with Crippen LogP contribution in [-0.2, 0) is 11.3 Å². The molecular weight excluding hydrogens is 548 g/mol. The largest absolute Gasteiger partial charge is 0.378 e. The van der Waals surface area contributed by atoms with Crippen molar-refractivity contribution >= 4 is 34.3 Å². The minimum Gasteiger partial charge on any atom is -0.378 e. The molecule has 1 aliphatic rings. The van der Waals surface area contributed by atoms with Gasteiger partial charge in [0.2, 0.25) is 5.95 Å². The fourth-order valence-corrected chi connectivity index (χ4v) is 5.65. The van der Waals surface area contributed by atoms with Crippen LogP contribution >= 0.6 is 0 Å². The molecule has 2 heterocycles. The maximum Gasteiger partial charge on any atom is 0.253 e. The van der Waals surface area contributed by atoms with Crippen LogP contribution < -0.4 is 10.2 Å². The minimum absolute atomic E-state index is 0.119. The van der Waals surface area contributed by atoms with Gasteiger partial charge in [-0.15, -0.1) is 0 Å². The molecule has 1 N–H and O–H groups in total. The summed E-state index contributed by atoms with van der Waals surface area (Å²) in [6.07, 6.45) is 5.44. The van der Waals surface area contributed by atoms with Crippen molar-refractivity contribution in [2.45, 2.75) is 73.3 Å². The molecule has 1 amide bonds. The number of imidazole rings is 1. The first-order valence-corrected chi connectivity index (χ1v) is 16.9. The molecule has 1 fully saturated rings. The van der Waals surface area contributed by atoms with Gasteiger partial charge in [0, 0.05) is 49.7 Å². The van der Waals surface area contributed by atoms with Crippen molar-refractivity contribution in [3.8, 4) is 0 Å². The minimum atomic E-state index is 0.119. The van der Waals surface area contributed by atoms with Crippen molar-refractivity contribution in [1.29, 1.82) is 0 Å². The van der Waals surface area contributed by atoms with Gasteiger partial charge in [-0.25, -0.2) is 4.98 Å². The number of nitrogens with zero attached hydrogens (tertiary/aromatic N) is 5. The van der Waals surface area contributed by atoms with Gasteiger partial charge in [-0.1, -0.05) is 41.0 Å². The Kier molecular flexibility index (Phi) is 12.9. The summed E-state index contributed by atoms with van der Waals surface area (Å²) in [6.45, 7) is 19.0. The van der Waals surface area contributed by atoms with E-state index < -0.39 is 0 Å². The highest BCUT2D eigenvalue weighted by molar-refractivity contribution is 5.98. The van der Waals surface area contributed by atoms with E-state index in [4.69, 9.17) is 9.72 Å². The average molecular weight is 605 g/mol. The topological polar surface area (TPSA) is 65.9 Å². The van der Waals surface area contributed by atoms with Gasteiger partial charge >= 0.3 is 0 Å². The number of morpholine rings is 1. The zero-order valence-electron chi connectivity index (χ0n) is 28.1. The van der Waals surface area contributed by atoms with Crippen LogP contribution in [0.1, 0.15) is 77.1 Å². The number of unbranched alkanes of at least 4 members (excludes halogenated alkanes) is 1. The van der Waals surface area contributed by atoms with Crippen molar-refractivity contribution in [2.24, 2.45) is 11.8 Å². The summed E-state index contributed by atoms with van der Waals surface area (Å²) >= 11 is 0. The van der Waals surface area contributed by atoms with E-state index in [0.29, 0.717) is 11.8 Å². The summed E-state index contributed by atoms with van der Waals surface area (Å²) in [5, 5.41) is 3.60. The number of ether oxygens (including phenoxy) is 1. The van der Waals surface area contributed by atoms with Crippen LogP contribution in [0.2, 0.25) is 0 Å². The molecule has 1 aliphatic heterocycles. The molecule has 44 heavy (non-hydrogen) atoms. The van der Waals surface area contributed by atoms with E-state index in [-0.39, 0.29) is 5.91 Å². The highest BCUT2D eigenvalue weighted by Crippen LogP contribution is 2.27. The summed E-state index contributed by atoms with van der Waals surface area (Å²) in [6, 6.07) is 14.6. The number of amides is 1. The number of aryl methyl sites for hydroxylation is 1. The molecule has 0 atom stereocenters. The predicted octanol–water partition coefficient (Wildman–Crippen LogP) is 7.27. The van der Waals surface area contributed by atoms with E-state index in [1.54, 1.807) is 0 Å². The smallest absolute Gasteiger partial charge is 0.253 e. The molecule has 0 unspecified atom stereocenters. The molecule has 242 valence electrons. The molecular formula is C36H56N6O2. The Bertz CT molecular complexity index is 1280.